The third-order valence-electron chi connectivity index (χ3n) is 2.16. The fourth-order valence-electron chi connectivity index (χ4n) is 1.27. The second-order valence-electron chi connectivity index (χ2n) is 3.42. The van der Waals surface area contributed by atoms with Crippen LogP contribution in [0, 0.1) is 6.92 Å². The van der Waals surface area contributed by atoms with Gasteiger partial charge in [0.1, 0.15) is 0 Å². The van der Waals surface area contributed by atoms with E-state index >= 15 is 0 Å². The molecule has 0 N–H and O–H groups in total. The fourth-order valence-corrected chi connectivity index (χ4v) is 1.90. The molecule has 0 bridgehead atoms. The van der Waals surface area contributed by atoms with Gasteiger partial charge in [0.25, 0.3) is 0 Å². The maximum atomic E-state index is 11.7. The van der Waals surface area contributed by atoms with Gasteiger partial charge in [-0.2, -0.15) is 0 Å². The highest BCUT2D eigenvalue weighted by Gasteiger charge is 2.13. The molecule has 0 heterocycles. The number of benzene rings is 1. The molecule has 1 aromatic carbocycles. The number of carbonyl (C=O) groups excluding carboxylic acids is 1. The molecule has 0 spiro atoms. The van der Waals surface area contributed by atoms with Crippen LogP contribution in [0.15, 0.2) is 22.7 Å². The van der Waals surface area contributed by atoms with E-state index in [9.17, 15) is 4.79 Å². The molecule has 0 saturated heterocycles. The highest BCUT2D eigenvalue weighted by molar-refractivity contribution is 9.10. The van der Waals surface area contributed by atoms with Crippen molar-refractivity contribution >= 4 is 21.9 Å². The van der Waals surface area contributed by atoms with Crippen molar-refractivity contribution in [3.63, 3.8) is 0 Å². The third-order valence-corrected chi connectivity index (χ3v) is 2.82. The van der Waals surface area contributed by atoms with Crippen LogP contribution in [0.1, 0.15) is 35.7 Å². The number of rotatable bonds is 4. The van der Waals surface area contributed by atoms with Crippen molar-refractivity contribution in [3.8, 4) is 0 Å². The Bertz CT molecular complexity index is 327. The molecule has 1 rings (SSSR count). The number of carbonyl (C=O) groups is 1. The monoisotopic (exact) mass is 270 g/mol. The summed E-state index contributed by atoms with van der Waals surface area (Å²) in [6, 6.07) is 5.66. The van der Waals surface area contributed by atoms with Crippen LogP contribution in [-0.2, 0) is 4.74 Å². The van der Waals surface area contributed by atoms with Gasteiger partial charge < -0.3 is 4.74 Å². The second kappa shape index (κ2) is 5.91. The Morgan fingerprint density at radius 1 is 1.47 bits per heavy atom. The number of aryl methyl sites for hydroxylation is 1. The van der Waals surface area contributed by atoms with Crippen LogP contribution in [-0.4, -0.2) is 12.6 Å². The summed E-state index contributed by atoms with van der Waals surface area (Å²) in [5.41, 5.74) is 1.57. The van der Waals surface area contributed by atoms with Crippen LogP contribution < -0.4 is 0 Å². The summed E-state index contributed by atoms with van der Waals surface area (Å²) in [7, 11) is 0. The normalized spacial score (nSPS) is 10.1. The molecule has 0 aliphatic carbocycles. The average Bonchev–Trinajstić information content (AvgIpc) is 2.18. The summed E-state index contributed by atoms with van der Waals surface area (Å²) < 4.78 is 5.96. The first-order valence-electron chi connectivity index (χ1n) is 5.09. The van der Waals surface area contributed by atoms with Crippen LogP contribution in [0.2, 0.25) is 0 Å². The van der Waals surface area contributed by atoms with Gasteiger partial charge in [-0.1, -0.05) is 25.5 Å². The molecule has 15 heavy (non-hydrogen) atoms. The van der Waals surface area contributed by atoms with E-state index in [2.05, 4.69) is 22.9 Å². The molecule has 2 nitrogen and oxygen atoms in total. The van der Waals surface area contributed by atoms with E-state index < -0.39 is 0 Å². The molecule has 82 valence electrons. The van der Waals surface area contributed by atoms with Crippen molar-refractivity contribution in [2.75, 3.05) is 6.61 Å². The molecule has 0 saturated carbocycles. The number of unbranched alkanes of at least 4 members (excludes halogenated alkanes) is 1. The Hall–Kier alpha value is -0.830. The van der Waals surface area contributed by atoms with Crippen molar-refractivity contribution in [2.45, 2.75) is 26.7 Å². The first kappa shape index (κ1) is 12.2. The van der Waals surface area contributed by atoms with Crippen molar-refractivity contribution in [1.29, 1.82) is 0 Å². The van der Waals surface area contributed by atoms with Crippen LogP contribution in [0.4, 0.5) is 0 Å². The van der Waals surface area contributed by atoms with Gasteiger partial charge >= 0.3 is 5.97 Å². The third kappa shape index (κ3) is 3.34. The van der Waals surface area contributed by atoms with E-state index in [0.29, 0.717) is 12.2 Å². The van der Waals surface area contributed by atoms with Gasteiger partial charge in [0, 0.05) is 4.47 Å². The molecule has 1 aromatic rings. The van der Waals surface area contributed by atoms with Gasteiger partial charge in [-0.25, -0.2) is 4.79 Å². The lowest BCUT2D eigenvalue weighted by molar-refractivity contribution is 0.0498. The topological polar surface area (TPSA) is 26.3 Å². The Kier molecular flexibility index (Phi) is 4.82. The average molecular weight is 271 g/mol. The predicted octanol–water partition coefficient (Wildman–Crippen LogP) is 3.71. The minimum absolute atomic E-state index is 0.242. The minimum Gasteiger partial charge on any atom is -0.462 e. The van der Waals surface area contributed by atoms with Gasteiger partial charge in [0.05, 0.1) is 12.2 Å². The van der Waals surface area contributed by atoms with E-state index in [-0.39, 0.29) is 5.97 Å². The van der Waals surface area contributed by atoms with Gasteiger partial charge in [-0.05, 0) is 40.9 Å². The molecule has 0 aliphatic heterocycles. The SMILES string of the molecule is CCCCOC(=O)c1c(C)cccc1Br. The number of ether oxygens (including phenoxy) is 1. The minimum atomic E-state index is -0.242. The van der Waals surface area contributed by atoms with Crippen LogP contribution in [0.25, 0.3) is 0 Å². The number of hydrogen-bond acceptors (Lipinski definition) is 2. The molecular formula is C12H15BrO2. The zero-order valence-corrected chi connectivity index (χ0v) is 10.6. The van der Waals surface area contributed by atoms with Gasteiger partial charge in [0.15, 0.2) is 0 Å². The molecular weight excluding hydrogens is 256 g/mol. The summed E-state index contributed by atoms with van der Waals surface area (Å²) in [5.74, 6) is -0.242. The molecule has 0 aliphatic rings. The lowest BCUT2D eigenvalue weighted by atomic mass is 10.1. The molecule has 0 aromatic heterocycles. The van der Waals surface area contributed by atoms with Crippen molar-refractivity contribution in [3.05, 3.63) is 33.8 Å². The molecule has 0 atom stereocenters. The Morgan fingerprint density at radius 3 is 2.80 bits per heavy atom. The summed E-state index contributed by atoms with van der Waals surface area (Å²) in [4.78, 5) is 11.7. The van der Waals surface area contributed by atoms with Crippen LogP contribution in [0.3, 0.4) is 0 Å². The molecule has 0 fully saturated rings. The first-order valence-corrected chi connectivity index (χ1v) is 5.88. The smallest absolute Gasteiger partial charge is 0.339 e. The zero-order chi connectivity index (χ0) is 11.3. The van der Waals surface area contributed by atoms with Gasteiger partial charge in [0.2, 0.25) is 0 Å². The van der Waals surface area contributed by atoms with Crippen molar-refractivity contribution in [2.24, 2.45) is 0 Å². The summed E-state index contributed by atoms with van der Waals surface area (Å²) in [5, 5.41) is 0. The van der Waals surface area contributed by atoms with Gasteiger partial charge in [-0.15, -0.1) is 0 Å². The van der Waals surface area contributed by atoms with E-state index in [1.807, 2.05) is 25.1 Å². The van der Waals surface area contributed by atoms with E-state index in [4.69, 9.17) is 4.74 Å². The Morgan fingerprint density at radius 2 is 2.20 bits per heavy atom. The summed E-state index contributed by atoms with van der Waals surface area (Å²) in [6.45, 7) is 4.47. The van der Waals surface area contributed by atoms with Crippen LogP contribution >= 0.6 is 15.9 Å². The largest absolute Gasteiger partial charge is 0.462 e. The highest BCUT2D eigenvalue weighted by atomic mass is 79.9. The summed E-state index contributed by atoms with van der Waals surface area (Å²) >= 11 is 3.36. The maximum Gasteiger partial charge on any atom is 0.339 e. The molecule has 0 amide bonds. The lowest BCUT2D eigenvalue weighted by Gasteiger charge is -2.08. The van der Waals surface area contributed by atoms with Gasteiger partial charge in [-0.3, -0.25) is 0 Å². The Balaban J connectivity index is 2.73. The summed E-state index contributed by atoms with van der Waals surface area (Å²) in [6.07, 6.45) is 1.94. The zero-order valence-electron chi connectivity index (χ0n) is 9.05. The Labute approximate surface area is 98.8 Å². The predicted molar refractivity (Wildman–Crippen MR) is 64.1 cm³/mol. The van der Waals surface area contributed by atoms with Crippen molar-refractivity contribution in [1.82, 2.24) is 0 Å². The highest BCUT2D eigenvalue weighted by Crippen LogP contribution is 2.21. The number of hydrogen-bond donors (Lipinski definition) is 0. The maximum absolute atomic E-state index is 11.7. The molecule has 3 heteroatoms. The first-order chi connectivity index (χ1) is 7.16. The lowest BCUT2D eigenvalue weighted by Crippen LogP contribution is -2.08. The number of halogens is 1. The van der Waals surface area contributed by atoms with Crippen molar-refractivity contribution < 1.29 is 9.53 Å². The molecule has 0 radical (unpaired) electrons. The number of esters is 1. The van der Waals surface area contributed by atoms with Crippen LogP contribution in [0.5, 0.6) is 0 Å². The molecule has 0 unspecified atom stereocenters. The van der Waals surface area contributed by atoms with E-state index in [1.54, 1.807) is 0 Å². The van der Waals surface area contributed by atoms with E-state index in [1.165, 1.54) is 0 Å². The standard InChI is InChI=1S/C12H15BrO2/c1-3-4-8-15-12(14)11-9(2)6-5-7-10(11)13/h5-7H,3-4,8H2,1-2H3. The second-order valence-corrected chi connectivity index (χ2v) is 4.28. The fraction of sp³-hybridized carbons (Fsp3) is 0.417. The quantitative estimate of drug-likeness (QED) is 0.616. The van der Waals surface area contributed by atoms with E-state index in [0.717, 1.165) is 22.9 Å².